The zero-order valence-electron chi connectivity index (χ0n) is 15.9. The molecule has 0 aliphatic rings. The van der Waals surface area contributed by atoms with Gasteiger partial charge in [0.2, 0.25) is 0 Å². The molecule has 140 valence electrons. The van der Waals surface area contributed by atoms with Gasteiger partial charge in [-0.05, 0) is 73.2 Å². The average Bonchev–Trinajstić information content (AvgIpc) is 3.30. The third-order valence-corrected chi connectivity index (χ3v) is 4.65. The van der Waals surface area contributed by atoms with Crippen LogP contribution >= 0.6 is 0 Å². The van der Waals surface area contributed by atoms with Crippen molar-refractivity contribution in [3.63, 3.8) is 0 Å². The van der Waals surface area contributed by atoms with Crippen LogP contribution < -0.4 is 5.32 Å². The highest BCUT2D eigenvalue weighted by Gasteiger charge is 2.17. The van der Waals surface area contributed by atoms with Crippen LogP contribution in [0.5, 0.6) is 0 Å². The van der Waals surface area contributed by atoms with Crippen molar-refractivity contribution < 1.29 is 4.79 Å². The molecule has 0 unspecified atom stereocenters. The van der Waals surface area contributed by atoms with E-state index in [4.69, 9.17) is 0 Å². The van der Waals surface area contributed by atoms with Gasteiger partial charge in [0.1, 0.15) is 6.33 Å². The van der Waals surface area contributed by atoms with E-state index < -0.39 is 0 Å². The van der Waals surface area contributed by atoms with Gasteiger partial charge < -0.3 is 9.88 Å². The molecule has 4 aromatic rings. The Morgan fingerprint density at radius 2 is 1.75 bits per heavy atom. The summed E-state index contributed by atoms with van der Waals surface area (Å²) in [5, 5.41) is 14.1. The second kappa shape index (κ2) is 7.11. The predicted octanol–water partition coefficient (Wildman–Crippen LogP) is 3.63. The monoisotopic (exact) mass is 372 g/mol. The summed E-state index contributed by atoms with van der Waals surface area (Å²) < 4.78 is 3.64. The van der Waals surface area contributed by atoms with E-state index in [-0.39, 0.29) is 5.91 Å². The molecule has 2 aromatic heterocycles. The predicted molar refractivity (Wildman–Crippen MR) is 107 cm³/mol. The number of carbonyl (C=O) groups is 1. The number of nitrogens with one attached hydrogen (secondary N) is 1. The topological polar surface area (TPSA) is 77.6 Å². The molecule has 0 radical (unpaired) electrons. The molecule has 0 saturated carbocycles. The lowest BCUT2D eigenvalue weighted by Gasteiger charge is -2.11. The van der Waals surface area contributed by atoms with E-state index in [9.17, 15) is 4.79 Å². The van der Waals surface area contributed by atoms with Gasteiger partial charge in [0.15, 0.2) is 0 Å². The Bertz CT molecular complexity index is 1140. The van der Waals surface area contributed by atoms with Gasteiger partial charge in [0.25, 0.3) is 5.91 Å². The van der Waals surface area contributed by atoms with Crippen LogP contribution in [0.3, 0.4) is 0 Å². The number of aryl methyl sites for hydroxylation is 2. The lowest BCUT2D eigenvalue weighted by molar-refractivity contribution is 0.102. The molecule has 4 rings (SSSR count). The zero-order valence-corrected chi connectivity index (χ0v) is 15.9. The number of aromatic nitrogens is 5. The number of tetrazole rings is 1. The highest BCUT2D eigenvalue weighted by molar-refractivity contribution is 6.05. The summed E-state index contributed by atoms with van der Waals surface area (Å²) in [5.74, 6) is -0.152. The molecule has 2 aromatic carbocycles. The first kappa shape index (κ1) is 17.7. The molecule has 1 N–H and O–H groups in total. The Morgan fingerprint density at radius 3 is 2.50 bits per heavy atom. The molecule has 2 heterocycles. The molecule has 0 aliphatic carbocycles. The summed E-state index contributed by atoms with van der Waals surface area (Å²) >= 11 is 0. The summed E-state index contributed by atoms with van der Waals surface area (Å²) in [4.78, 5) is 12.9. The molecule has 0 aliphatic heterocycles. The Balaban J connectivity index is 1.63. The highest BCUT2D eigenvalue weighted by atomic mass is 16.1. The van der Waals surface area contributed by atoms with E-state index >= 15 is 0 Å². The Hall–Kier alpha value is -3.74. The van der Waals surface area contributed by atoms with Crippen LogP contribution in [0.25, 0.3) is 11.4 Å². The number of carbonyl (C=O) groups excluding carboxylic acids is 1. The summed E-state index contributed by atoms with van der Waals surface area (Å²) in [5.41, 5.74) is 6.23. The van der Waals surface area contributed by atoms with E-state index in [2.05, 4.69) is 44.5 Å². The maximum Gasteiger partial charge on any atom is 0.257 e. The molecule has 28 heavy (non-hydrogen) atoms. The molecule has 0 spiro atoms. The second-order valence-electron chi connectivity index (χ2n) is 6.72. The first-order valence-electron chi connectivity index (χ1n) is 8.94. The van der Waals surface area contributed by atoms with E-state index in [0.29, 0.717) is 11.3 Å². The highest BCUT2D eigenvalue weighted by Crippen LogP contribution is 2.23. The fourth-order valence-electron chi connectivity index (χ4n) is 3.36. The number of hydrogen-bond donors (Lipinski definition) is 1. The molecule has 7 heteroatoms. The van der Waals surface area contributed by atoms with Crippen molar-refractivity contribution in [1.82, 2.24) is 24.8 Å². The normalized spacial score (nSPS) is 10.8. The molecule has 7 nitrogen and oxygen atoms in total. The third kappa shape index (κ3) is 3.29. The first-order valence-corrected chi connectivity index (χ1v) is 8.94. The average molecular weight is 372 g/mol. The molecule has 0 bridgehead atoms. The van der Waals surface area contributed by atoms with Crippen LogP contribution in [-0.2, 0) is 0 Å². The minimum atomic E-state index is -0.152. The van der Waals surface area contributed by atoms with Crippen LogP contribution in [0.4, 0.5) is 5.69 Å². The van der Waals surface area contributed by atoms with Gasteiger partial charge in [-0.3, -0.25) is 4.79 Å². The summed E-state index contributed by atoms with van der Waals surface area (Å²) in [6.07, 6.45) is 1.51. The van der Waals surface area contributed by atoms with Crippen molar-refractivity contribution in [3.8, 4) is 11.4 Å². The molecule has 0 saturated heterocycles. The number of hydrogen-bond acceptors (Lipinski definition) is 4. The van der Waals surface area contributed by atoms with Gasteiger partial charge in [-0.2, -0.15) is 0 Å². The van der Waals surface area contributed by atoms with Crippen molar-refractivity contribution >= 4 is 11.6 Å². The van der Waals surface area contributed by atoms with E-state index in [1.165, 1.54) is 11.9 Å². The van der Waals surface area contributed by atoms with E-state index in [1.807, 2.05) is 56.3 Å². The van der Waals surface area contributed by atoms with Crippen molar-refractivity contribution in [2.24, 2.45) is 0 Å². The van der Waals surface area contributed by atoms with Crippen molar-refractivity contribution in [3.05, 3.63) is 83.4 Å². The van der Waals surface area contributed by atoms with E-state index in [1.54, 1.807) is 4.68 Å². The fourth-order valence-corrected chi connectivity index (χ4v) is 3.36. The Morgan fingerprint density at radius 1 is 0.964 bits per heavy atom. The lowest BCUT2D eigenvalue weighted by atomic mass is 10.2. The SMILES string of the molecule is Cc1cccc(-n2c(C)cc(C(=O)Nc3cccc(-n4cnnn4)c3)c2C)c1. The largest absolute Gasteiger partial charge is 0.322 e. The smallest absolute Gasteiger partial charge is 0.257 e. The number of benzene rings is 2. The number of anilines is 1. The van der Waals surface area contributed by atoms with Crippen LogP contribution in [0.2, 0.25) is 0 Å². The number of rotatable bonds is 4. The Kier molecular flexibility index (Phi) is 4.49. The lowest BCUT2D eigenvalue weighted by Crippen LogP contribution is -2.13. The molecular weight excluding hydrogens is 352 g/mol. The molecular formula is C21H20N6O. The van der Waals surface area contributed by atoms with Gasteiger partial charge in [0.05, 0.1) is 11.3 Å². The summed E-state index contributed by atoms with van der Waals surface area (Å²) in [6, 6.07) is 17.5. The van der Waals surface area contributed by atoms with E-state index in [0.717, 1.165) is 22.8 Å². The number of nitrogens with zero attached hydrogens (tertiary/aromatic N) is 5. The second-order valence-corrected chi connectivity index (χ2v) is 6.72. The quantitative estimate of drug-likeness (QED) is 0.593. The van der Waals surface area contributed by atoms with Gasteiger partial charge in [0, 0.05) is 22.8 Å². The fraction of sp³-hybridized carbons (Fsp3) is 0.143. The van der Waals surface area contributed by atoms with Gasteiger partial charge in [-0.1, -0.05) is 18.2 Å². The van der Waals surface area contributed by atoms with Crippen molar-refractivity contribution in [2.75, 3.05) is 5.32 Å². The van der Waals surface area contributed by atoms with Crippen molar-refractivity contribution in [2.45, 2.75) is 20.8 Å². The molecule has 0 atom stereocenters. The third-order valence-electron chi connectivity index (χ3n) is 4.65. The maximum atomic E-state index is 12.9. The summed E-state index contributed by atoms with van der Waals surface area (Å²) in [6.45, 7) is 6.02. The van der Waals surface area contributed by atoms with Crippen LogP contribution in [0, 0.1) is 20.8 Å². The first-order chi connectivity index (χ1) is 13.5. The van der Waals surface area contributed by atoms with Crippen LogP contribution in [0.15, 0.2) is 60.9 Å². The zero-order chi connectivity index (χ0) is 19.7. The van der Waals surface area contributed by atoms with Gasteiger partial charge >= 0.3 is 0 Å². The van der Waals surface area contributed by atoms with Gasteiger partial charge in [-0.25, -0.2) is 4.68 Å². The minimum Gasteiger partial charge on any atom is -0.322 e. The molecule has 0 fully saturated rings. The minimum absolute atomic E-state index is 0.152. The van der Waals surface area contributed by atoms with Crippen LogP contribution in [-0.4, -0.2) is 30.7 Å². The van der Waals surface area contributed by atoms with Crippen molar-refractivity contribution in [1.29, 1.82) is 0 Å². The summed E-state index contributed by atoms with van der Waals surface area (Å²) in [7, 11) is 0. The van der Waals surface area contributed by atoms with Crippen LogP contribution in [0.1, 0.15) is 27.3 Å². The standard InChI is InChI=1S/C21H20N6O/c1-14-6-4-9-19(10-14)27-15(2)11-20(16(27)3)21(28)23-17-7-5-8-18(12-17)26-13-22-24-25-26/h4-13H,1-3H3,(H,23,28). The molecule has 1 amide bonds. The maximum absolute atomic E-state index is 12.9. The van der Waals surface area contributed by atoms with Gasteiger partial charge in [-0.15, -0.1) is 5.10 Å². The Labute approximate surface area is 162 Å². The number of amides is 1.